The van der Waals surface area contributed by atoms with Gasteiger partial charge in [-0.05, 0) is 17.7 Å². The summed E-state index contributed by atoms with van der Waals surface area (Å²) >= 11 is 0. The van der Waals surface area contributed by atoms with Crippen LogP contribution in [0.3, 0.4) is 0 Å². The smallest absolute Gasteiger partial charge is 0.164 e. The highest BCUT2D eigenvalue weighted by Gasteiger charge is 2.25. The number of aromatic nitrogens is 1. The zero-order valence-corrected chi connectivity index (χ0v) is 12.5. The third-order valence-electron chi connectivity index (χ3n) is 4.00. The van der Waals surface area contributed by atoms with Gasteiger partial charge < -0.3 is 4.74 Å². The molecule has 1 saturated heterocycles. The fourth-order valence-corrected chi connectivity index (χ4v) is 2.76. The Morgan fingerprint density at radius 1 is 1.18 bits per heavy atom. The molecule has 0 unspecified atom stereocenters. The molecule has 4 nitrogen and oxygen atoms in total. The van der Waals surface area contributed by atoms with E-state index in [1.54, 1.807) is 12.4 Å². The molecule has 0 spiro atoms. The van der Waals surface area contributed by atoms with Gasteiger partial charge in [0, 0.05) is 43.5 Å². The number of rotatable bonds is 5. The summed E-state index contributed by atoms with van der Waals surface area (Å²) in [6.07, 6.45) is 4.11. The Balaban J connectivity index is 1.66. The number of hydrogen-bond acceptors (Lipinski definition) is 4. The van der Waals surface area contributed by atoms with Gasteiger partial charge in [0.05, 0.1) is 13.2 Å². The van der Waals surface area contributed by atoms with Crippen molar-refractivity contribution in [2.75, 3.05) is 19.8 Å². The predicted octanol–water partition coefficient (Wildman–Crippen LogP) is 2.56. The molecule has 2 heterocycles. The molecule has 3 rings (SSSR count). The fraction of sp³-hybridized carbons (Fsp3) is 0.333. The van der Waals surface area contributed by atoms with E-state index >= 15 is 0 Å². The molecule has 22 heavy (non-hydrogen) atoms. The van der Waals surface area contributed by atoms with E-state index in [1.165, 1.54) is 5.56 Å². The lowest BCUT2D eigenvalue weighted by Gasteiger charge is -2.35. The Bertz CT molecular complexity index is 601. The van der Waals surface area contributed by atoms with Crippen molar-refractivity contribution in [2.45, 2.75) is 19.0 Å². The zero-order chi connectivity index (χ0) is 15.2. The van der Waals surface area contributed by atoms with E-state index in [2.05, 4.69) is 9.88 Å². The maximum Gasteiger partial charge on any atom is 0.164 e. The minimum atomic E-state index is 0.134. The van der Waals surface area contributed by atoms with Crippen molar-refractivity contribution < 1.29 is 9.53 Å². The topological polar surface area (TPSA) is 42.4 Å². The van der Waals surface area contributed by atoms with Crippen molar-refractivity contribution in [1.29, 1.82) is 0 Å². The van der Waals surface area contributed by atoms with E-state index < -0.39 is 0 Å². The molecule has 2 aromatic rings. The number of hydrogen-bond donors (Lipinski definition) is 0. The number of pyridine rings is 1. The summed E-state index contributed by atoms with van der Waals surface area (Å²) < 4.78 is 5.58. The van der Waals surface area contributed by atoms with E-state index in [4.69, 9.17) is 4.74 Å². The van der Waals surface area contributed by atoms with Crippen LogP contribution in [0.2, 0.25) is 0 Å². The van der Waals surface area contributed by atoms with Crippen molar-refractivity contribution in [1.82, 2.24) is 9.88 Å². The van der Waals surface area contributed by atoms with E-state index in [-0.39, 0.29) is 11.8 Å². The Morgan fingerprint density at radius 3 is 2.73 bits per heavy atom. The van der Waals surface area contributed by atoms with Crippen LogP contribution in [-0.4, -0.2) is 41.5 Å². The van der Waals surface area contributed by atoms with Crippen LogP contribution in [0.15, 0.2) is 54.9 Å². The summed E-state index contributed by atoms with van der Waals surface area (Å²) in [5, 5.41) is 0. The van der Waals surface area contributed by atoms with Crippen molar-refractivity contribution in [3.8, 4) is 0 Å². The van der Waals surface area contributed by atoms with Crippen molar-refractivity contribution in [3.63, 3.8) is 0 Å². The molecule has 114 valence electrons. The molecule has 1 atom stereocenters. The number of nitrogens with zero attached hydrogens (tertiary/aromatic N) is 2. The minimum Gasteiger partial charge on any atom is -0.378 e. The fourth-order valence-electron chi connectivity index (χ4n) is 2.76. The lowest BCUT2D eigenvalue weighted by molar-refractivity contribution is -0.0126. The molecular formula is C18H20N2O2. The molecule has 1 aliphatic heterocycles. The number of ether oxygens (including phenoxy) is 1. The van der Waals surface area contributed by atoms with Crippen LogP contribution in [0.1, 0.15) is 22.3 Å². The van der Waals surface area contributed by atoms with Gasteiger partial charge in [0.15, 0.2) is 5.78 Å². The van der Waals surface area contributed by atoms with Crippen LogP contribution < -0.4 is 0 Å². The molecule has 1 aromatic heterocycles. The highest BCUT2D eigenvalue weighted by Crippen LogP contribution is 2.17. The third-order valence-corrected chi connectivity index (χ3v) is 4.00. The lowest BCUT2D eigenvalue weighted by Crippen LogP contribution is -2.45. The summed E-state index contributed by atoms with van der Waals surface area (Å²) in [7, 11) is 0. The second kappa shape index (κ2) is 7.29. The average molecular weight is 296 g/mol. The first-order valence-corrected chi connectivity index (χ1v) is 7.62. The highest BCUT2D eigenvalue weighted by molar-refractivity contribution is 5.96. The molecule has 0 N–H and O–H groups in total. The number of carbonyl (C=O) groups is 1. The maximum absolute atomic E-state index is 12.4. The maximum atomic E-state index is 12.4. The minimum absolute atomic E-state index is 0.134. The molecule has 0 amide bonds. The van der Waals surface area contributed by atoms with Gasteiger partial charge in [-0.15, -0.1) is 0 Å². The second-order valence-electron chi connectivity index (χ2n) is 5.55. The largest absolute Gasteiger partial charge is 0.378 e. The summed E-state index contributed by atoms with van der Waals surface area (Å²) in [5.74, 6) is 0.177. The number of Topliss-reactive ketones (excluding diaryl/α,β-unsaturated/α-hetero) is 1. The van der Waals surface area contributed by atoms with Gasteiger partial charge in [0.2, 0.25) is 0 Å². The predicted molar refractivity (Wildman–Crippen MR) is 84.6 cm³/mol. The quantitative estimate of drug-likeness (QED) is 0.795. The van der Waals surface area contributed by atoms with Crippen LogP contribution in [-0.2, 0) is 11.3 Å². The molecular weight excluding hydrogens is 276 g/mol. The standard InChI is InChI=1S/C18H20N2O2/c21-18(16-4-2-1-3-5-16)12-17-14-22-11-10-20(17)13-15-6-8-19-9-7-15/h1-9,17H,10-14H2/t17-/m0/s1. The van der Waals surface area contributed by atoms with E-state index in [9.17, 15) is 4.79 Å². The molecule has 0 aliphatic carbocycles. The van der Waals surface area contributed by atoms with Crippen LogP contribution in [0.5, 0.6) is 0 Å². The monoisotopic (exact) mass is 296 g/mol. The summed E-state index contributed by atoms with van der Waals surface area (Å²) in [4.78, 5) is 18.8. The van der Waals surface area contributed by atoms with E-state index in [1.807, 2.05) is 42.5 Å². The first-order valence-electron chi connectivity index (χ1n) is 7.62. The van der Waals surface area contributed by atoms with Gasteiger partial charge in [-0.3, -0.25) is 14.7 Å². The van der Waals surface area contributed by atoms with Gasteiger partial charge in [0.25, 0.3) is 0 Å². The van der Waals surface area contributed by atoms with Crippen molar-refractivity contribution >= 4 is 5.78 Å². The summed E-state index contributed by atoms with van der Waals surface area (Å²) in [6, 6.07) is 13.7. The highest BCUT2D eigenvalue weighted by atomic mass is 16.5. The van der Waals surface area contributed by atoms with Gasteiger partial charge >= 0.3 is 0 Å². The Kier molecular flexibility index (Phi) is 4.93. The average Bonchev–Trinajstić information content (AvgIpc) is 2.58. The van der Waals surface area contributed by atoms with Crippen LogP contribution in [0.4, 0.5) is 0 Å². The van der Waals surface area contributed by atoms with Crippen molar-refractivity contribution in [3.05, 3.63) is 66.0 Å². The first-order chi connectivity index (χ1) is 10.8. The number of carbonyl (C=O) groups excluding carboxylic acids is 1. The lowest BCUT2D eigenvalue weighted by atomic mass is 10.0. The van der Waals surface area contributed by atoms with Gasteiger partial charge in [0.1, 0.15) is 0 Å². The normalized spacial score (nSPS) is 19.0. The van der Waals surface area contributed by atoms with E-state index in [0.29, 0.717) is 13.0 Å². The van der Waals surface area contributed by atoms with Gasteiger partial charge in [-0.1, -0.05) is 30.3 Å². The molecule has 0 radical (unpaired) electrons. The number of benzene rings is 1. The first kappa shape index (κ1) is 14.9. The molecule has 0 bridgehead atoms. The molecule has 4 heteroatoms. The van der Waals surface area contributed by atoms with Gasteiger partial charge in [-0.25, -0.2) is 0 Å². The summed E-state index contributed by atoms with van der Waals surface area (Å²) in [5.41, 5.74) is 1.99. The van der Waals surface area contributed by atoms with Crippen LogP contribution >= 0.6 is 0 Å². The molecule has 1 fully saturated rings. The number of morpholine rings is 1. The Hall–Kier alpha value is -2.04. The van der Waals surface area contributed by atoms with Gasteiger partial charge in [-0.2, -0.15) is 0 Å². The summed E-state index contributed by atoms with van der Waals surface area (Å²) in [6.45, 7) is 3.03. The second-order valence-corrected chi connectivity index (χ2v) is 5.55. The van der Waals surface area contributed by atoms with Crippen molar-refractivity contribution in [2.24, 2.45) is 0 Å². The Labute approximate surface area is 130 Å². The number of ketones is 1. The Morgan fingerprint density at radius 2 is 1.95 bits per heavy atom. The van der Waals surface area contributed by atoms with E-state index in [0.717, 1.165) is 25.3 Å². The van der Waals surface area contributed by atoms with Crippen LogP contribution in [0.25, 0.3) is 0 Å². The SMILES string of the molecule is O=C(C[C@H]1COCCN1Cc1ccncc1)c1ccccc1. The van der Waals surface area contributed by atoms with Crippen LogP contribution in [0, 0.1) is 0 Å². The third kappa shape index (κ3) is 3.78. The molecule has 0 saturated carbocycles. The zero-order valence-electron chi connectivity index (χ0n) is 12.5. The molecule has 1 aliphatic rings. The molecule has 1 aromatic carbocycles.